The lowest BCUT2D eigenvalue weighted by atomic mass is 10.2. The number of quaternary nitrogens is 1. The lowest BCUT2D eigenvalue weighted by molar-refractivity contribution is -0.00000319. The van der Waals surface area contributed by atoms with Gasteiger partial charge in [0.15, 0.2) is 5.69 Å². The van der Waals surface area contributed by atoms with Crippen molar-refractivity contribution in [3.05, 3.63) is 11.4 Å². The monoisotopic (exact) mass is 295 g/mol. The van der Waals surface area contributed by atoms with Gasteiger partial charge in [0, 0.05) is 7.05 Å². The SMILES string of the molecule is Cc1nn(C)c(C)c1[N+](C)(C)C.[I-]. The van der Waals surface area contributed by atoms with Crippen LogP contribution in [0, 0.1) is 13.8 Å². The molecule has 0 bridgehead atoms. The molecule has 0 saturated carbocycles. The van der Waals surface area contributed by atoms with E-state index >= 15 is 0 Å². The summed E-state index contributed by atoms with van der Waals surface area (Å²) in [6, 6.07) is 0. The maximum absolute atomic E-state index is 4.38. The first-order valence-corrected chi connectivity index (χ1v) is 4.16. The van der Waals surface area contributed by atoms with Crippen molar-refractivity contribution in [2.24, 2.45) is 7.05 Å². The maximum atomic E-state index is 4.38. The zero-order valence-corrected chi connectivity index (χ0v) is 11.4. The summed E-state index contributed by atoms with van der Waals surface area (Å²) in [6.45, 7) is 4.17. The van der Waals surface area contributed by atoms with Crippen molar-refractivity contribution in [2.45, 2.75) is 13.8 Å². The van der Waals surface area contributed by atoms with Gasteiger partial charge in [-0.1, -0.05) is 0 Å². The molecule has 0 amide bonds. The van der Waals surface area contributed by atoms with Gasteiger partial charge in [-0.2, -0.15) is 5.10 Å². The fourth-order valence-corrected chi connectivity index (χ4v) is 1.73. The standard InChI is InChI=1S/C9H18N3.HI/c1-7-9(12(4,5)6)8(2)11(3)10-7;/h1-6H3;1H/q+1;/p-1. The van der Waals surface area contributed by atoms with E-state index < -0.39 is 0 Å². The molecule has 0 N–H and O–H groups in total. The minimum Gasteiger partial charge on any atom is -1.00 e. The smallest absolute Gasteiger partial charge is 0.176 e. The summed E-state index contributed by atoms with van der Waals surface area (Å²) in [5, 5.41) is 4.38. The fraction of sp³-hybridized carbons (Fsp3) is 0.667. The van der Waals surface area contributed by atoms with Crippen LogP contribution in [0.4, 0.5) is 5.69 Å². The Kier molecular flexibility index (Phi) is 3.93. The quantitative estimate of drug-likeness (QED) is 0.443. The van der Waals surface area contributed by atoms with E-state index in [0.29, 0.717) is 0 Å². The molecule has 76 valence electrons. The molecule has 1 rings (SSSR count). The van der Waals surface area contributed by atoms with Gasteiger partial charge in [-0.15, -0.1) is 0 Å². The molecule has 0 radical (unpaired) electrons. The Balaban J connectivity index is 0.00000144. The van der Waals surface area contributed by atoms with E-state index in [0.717, 1.165) is 10.2 Å². The number of hydrogen-bond donors (Lipinski definition) is 0. The largest absolute Gasteiger partial charge is 1.00 e. The van der Waals surface area contributed by atoms with Crippen molar-refractivity contribution in [3.63, 3.8) is 0 Å². The molecular formula is C9H18IN3. The third-order valence-electron chi connectivity index (χ3n) is 2.14. The molecule has 0 fully saturated rings. The fourth-order valence-electron chi connectivity index (χ4n) is 1.73. The third-order valence-corrected chi connectivity index (χ3v) is 2.14. The van der Waals surface area contributed by atoms with E-state index in [4.69, 9.17) is 0 Å². The molecule has 0 saturated heterocycles. The molecule has 3 nitrogen and oxygen atoms in total. The van der Waals surface area contributed by atoms with E-state index in [1.54, 1.807) is 0 Å². The number of halogens is 1. The molecule has 1 aromatic rings. The lowest BCUT2D eigenvalue weighted by Gasteiger charge is -2.23. The van der Waals surface area contributed by atoms with Crippen LogP contribution in [0.1, 0.15) is 11.4 Å². The van der Waals surface area contributed by atoms with Crippen LogP contribution in [0.25, 0.3) is 0 Å². The van der Waals surface area contributed by atoms with Crippen LogP contribution < -0.4 is 28.5 Å². The Morgan fingerprint density at radius 2 is 1.62 bits per heavy atom. The highest BCUT2D eigenvalue weighted by molar-refractivity contribution is 5.49. The second kappa shape index (κ2) is 3.96. The van der Waals surface area contributed by atoms with E-state index in [1.807, 2.05) is 11.7 Å². The Morgan fingerprint density at radius 3 is 1.77 bits per heavy atom. The molecule has 1 heterocycles. The van der Waals surface area contributed by atoms with E-state index in [-0.39, 0.29) is 24.0 Å². The van der Waals surface area contributed by atoms with Gasteiger partial charge >= 0.3 is 0 Å². The predicted molar refractivity (Wildman–Crippen MR) is 52.2 cm³/mol. The normalized spacial score (nSPS) is 11.2. The Bertz CT molecular complexity index is 297. The zero-order valence-electron chi connectivity index (χ0n) is 9.22. The van der Waals surface area contributed by atoms with Crippen molar-refractivity contribution in [1.29, 1.82) is 0 Å². The average molecular weight is 295 g/mol. The van der Waals surface area contributed by atoms with Crippen molar-refractivity contribution in [2.75, 3.05) is 21.1 Å². The highest BCUT2D eigenvalue weighted by Gasteiger charge is 2.22. The summed E-state index contributed by atoms with van der Waals surface area (Å²) in [5.74, 6) is 0. The van der Waals surface area contributed by atoms with Gasteiger partial charge in [0.25, 0.3) is 0 Å². The minimum absolute atomic E-state index is 0. The number of nitrogens with zero attached hydrogens (tertiary/aromatic N) is 3. The first-order valence-electron chi connectivity index (χ1n) is 4.16. The van der Waals surface area contributed by atoms with Crippen LogP contribution >= 0.6 is 0 Å². The summed E-state index contributed by atoms with van der Waals surface area (Å²) < 4.78 is 2.78. The van der Waals surface area contributed by atoms with Gasteiger partial charge in [-0.25, -0.2) is 0 Å². The first-order chi connectivity index (χ1) is 5.34. The minimum atomic E-state index is 0. The summed E-state index contributed by atoms with van der Waals surface area (Å²) in [6.07, 6.45) is 0. The molecule has 0 aliphatic heterocycles. The van der Waals surface area contributed by atoms with Gasteiger partial charge in [0.05, 0.1) is 26.8 Å². The molecule has 0 atom stereocenters. The molecule has 0 aliphatic rings. The number of hydrogen-bond acceptors (Lipinski definition) is 1. The molecule has 0 aliphatic carbocycles. The summed E-state index contributed by atoms with van der Waals surface area (Å²) >= 11 is 0. The first kappa shape index (κ1) is 12.9. The van der Waals surface area contributed by atoms with E-state index in [1.165, 1.54) is 11.4 Å². The van der Waals surface area contributed by atoms with Crippen LogP contribution in [0.3, 0.4) is 0 Å². The Labute approximate surface area is 97.3 Å². The van der Waals surface area contributed by atoms with Crippen LogP contribution in [-0.4, -0.2) is 30.9 Å². The molecular weight excluding hydrogens is 277 g/mol. The van der Waals surface area contributed by atoms with Gasteiger partial charge in [0.2, 0.25) is 0 Å². The van der Waals surface area contributed by atoms with Crippen LogP contribution in [-0.2, 0) is 7.05 Å². The Hall–Kier alpha value is -0.100. The summed E-state index contributed by atoms with van der Waals surface area (Å²) in [7, 11) is 8.48. The molecule has 13 heavy (non-hydrogen) atoms. The van der Waals surface area contributed by atoms with Crippen LogP contribution in [0.2, 0.25) is 0 Å². The average Bonchev–Trinajstić information content (AvgIpc) is 2.05. The van der Waals surface area contributed by atoms with Gasteiger partial charge in [0.1, 0.15) is 5.69 Å². The van der Waals surface area contributed by atoms with Gasteiger partial charge in [-0.3, -0.25) is 9.16 Å². The van der Waals surface area contributed by atoms with E-state index in [9.17, 15) is 0 Å². The molecule has 0 aromatic carbocycles. The van der Waals surface area contributed by atoms with Crippen molar-refractivity contribution in [3.8, 4) is 0 Å². The van der Waals surface area contributed by atoms with Crippen molar-refractivity contribution >= 4 is 5.69 Å². The predicted octanol–water partition coefficient (Wildman–Crippen LogP) is -1.76. The van der Waals surface area contributed by atoms with Crippen molar-refractivity contribution in [1.82, 2.24) is 14.3 Å². The zero-order chi connectivity index (χ0) is 9.52. The van der Waals surface area contributed by atoms with Crippen LogP contribution in [0.5, 0.6) is 0 Å². The van der Waals surface area contributed by atoms with Crippen LogP contribution in [0.15, 0.2) is 0 Å². The maximum Gasteiger partial charge on any atom is 0.176 e. The number of aryl methyl sites for hydroxylation is 2. The Morgan fingerprint density at radius 1 is 1.15 bits per heavy atom. The highest BCUT2D eigenvalue weighted by atomic mass is 127. The number of rotatable bonds is 1. The molecule has 0 unspecified atom stereocenters. The third kappa shape index (κ3) is 2.43. The van der Waals surface area contributed by atoms with Gasteiger partial charge < -0.3 is 24.0 Å². The molecule has 0 spiro atoms. The summed E-state index contributed by atoms with van der Waals surface area (Å²) in [5.41, 5.74) is 3.69. The topological polar surface area (TPSA) is 17.8 Å². The highest BCUT2D eigenvalue weighted by Crippen LogP contribution is 2.25. The molecule has 4 heteroatoms. The summed E-state index contributed by atoms with van der Waals surface area (Å²) in [4.78, 5) is 0. The van der Waals surface area contributed by atoms with Gasteiger partial charge in [-0.05, 0) is 13.8 Å². The van der Waals surface area contributed by atoms with E-state index in [2.05, 4.69) is 40.1 Å². The number of aromatic nitrogens is 2. The lowest BCUT2D eigenvalue weighted by Crippen LogP contribution is -3.00. The molecule has 1 aromatic heterocycles. The second-order valence-electron chi connectivity index (χ2n) is 4.16. The second-order valence-corrected chi connectivity index (χ2v) is 4.16. The van der Waals surface area contributed by atoms with Crippen molar-refractivity contribution < 1.29 is 24.0 Å².